The molecule has 0 saturated carbocycles. The molecule has 0 heterocycles. The molecule has 0 aliphatic carbocycles. The van der Waals surface area contributed by atoms with Crippen molar-refractivity contribution < 1.29 is 9.53 Å². The van der Waals surface area contributed by atoms with Gasteiger partial charge in [-0.15, -0.1) is 0 Å². The normalized spacial score (nSPS) is 13.6. The smallest absolute Gasteiger partial charge is 0.190 e. The number of methoxy groups -OCH3 is 1. The largest absolute Gasteiger partial charge is 0.496 e. The van der Waals surface area contributed by atoms with Gasteiger partial charge in [0, 0.05) is 0 Å². The Labute approximate surface area is 125 Å². The van der Waals surface area contributed by atoms with Crippen molar-refractivity contribution in [2.24, 2.45) is 5.73 Å². The lowest BCUT2D eigenvalue weighted by molar-refractivity contribution is 0.0896. The van der Waals surface area contributed by atoms with Gasteiger partial charge in [-0.3, -0.25) is 4.79 Å². The zero-order valence-electron chi connectivity index (χ0n) is 12.9. The van der Waals surface area contributed by atoms with Gasteiger partial charge in [0.25, 0.3) is 0 Å². The van der Waals surface area contributed by atoms with E-state index >= 15 is 0 Å². The monoisotopic (exact) mass is 283 g/mol. The van der Waals surface area contributed by atoms with Crippen molar-refractivity contribution in [3.63, 3.8) is 0 Å². The van der Waals surface area contributed by atoms with E-state index in [2.05, 4.69) is 0 Å². The summed E-state index contributed by atoms with van der Waals surface area (Å²) < 4.78 is 5.38. The summed E-state index contributed by atoms with van der Waals surface area (Å²) in [6.45, 7) is 5.62. The van der Waals surface area contributed by atoms with Gasteiger partial charge >= 0.3 is 0 Å². The van der Waals surface area contributed by atoms with E-state index in [0.29, 0.717) is 11.3 Å². The second kappa shape index (κ2) is 5.70. The van der Waals surface area contributed by atoms with Crippen molar-refractivity contribution in [1.82, 2.24) is 0 Å². The Hall–Kier alpha value is -2.13. The molecule has 0 aliphatic rings. The summed E-state index contributed by atoms with van der Waals surface area (Å²) in [6, 6.07) is 13.2. The summed E-state index contributed by atoms with van der Waals surface area (Å²) in [4.78, 5) is 13.0. The molecule has 0 aromatic heterocycles. The minimum atomic E-state index is -1.09. The summed E-state index contributed by atoms with van der Waals surface area (Å²) in [5.74, 6) is 0.438. The number of rotatable bonds is 4. The van der Waals surface area contributed by atoms with Crippen molar-refractivity contribution in [2.45, 2.75) is 26.3 Å². The van der Waals surface area contributed by atoms with E-state index in [1.807, 2.05) is 56.3 Å². The average molecular weight is 283 g/mol. The van der Waals surface area contributed by atoms with Crippen LogP contribution in [0.25, 0.3) is 0 Å². The van der Waals surface area contributed by atoms with E-state index in [1.165, 1.54) is 0 Å². The molecule has 1 unspecified atom stereocenters. The molecular weight excluding hydrogens is 262 g/mol. The lowest BCUT2D eigenvalue weighted by atomic mass is 9.83. The van der Waals surface area contributed by atoms with Crippen LogP contribution in [0.15, 0.2) is 42.5 Å². The number of nitrogens with two attached hydrogens (primary N) is 1. The number of ether oxygens (including phenoxy) is 1. The molecule has 21 heavy (non-hydrogen) atoms. The molecule has 2 rings (SSSR count). The number of Topliss-reactive ketones (excluding diaryl/α,β-unsaturated/α-hetero) is 1. The molecule has 2 aromatic carbocycles. The van der Waals surface area contributed by atoms with Crippen LogP contribution in [0.5, 0.6) is 5.75 Å². The molecule has 110 valence electrons. The van der Waals surface area contributed by atoms with Crippen molar-refractivity contribution in [3.8, 4) is 5.75 Å². The van der Waals surface area contributed by atoms with Crippen molar-refractivity contribution >= 4 is 5.78 Å². The SMILES string of the molecule is COc1cc(C)cc(C)c1C(=O)C(C)(N)c1ccccc1. The Bertz CT molecular complexity index is 660. The second-order valence-corrected chi connectivity index (χ2v) is 5.56. The van der Waals surface area contributed by atoms with Gasteiger partial charge in [0.2, 0.25) is 0 Å². The maximum Gasteiger partial charge on any atom is 0.190 e. The molecule has 3 nitrogen and oxygen atoms in total. The maximum absolute atomic E-state index is 13.0. The standard InChI is InChI=1S/C18H21NO2/c1-12-10-13(2)16(15(11-12)21-4)17(20)18(3,19)14-8-6-5-7-9-14/h5-11H,19H2,1-4H3. The van der Waals surface area contributed by atoms with Crippen LogP contribution in [0.3, 0.4) is 0 Å². The van der Waals surface area contributed by atoms with E-state index in [1.54, 1.807) is 14.0 Å². The predicted octanol–water partition coefficient (Wildman–Crippen LogP) is 3.37. The van der Waals surface area contributed by atoms with E-state index in [0.717, 1.165) is 16.7 Å². The Morgan fingerprint density at radius 1 is 1.14 bits per heavy atom. The molecule has 0 bridgehead atoms. The summed E-state index contributed by atoms with van der Waals surface area (Å²) >= 11 is 0. The first kappa shape index (κ1) is 15.3. The molecule has 0 fully saturated rings. The molecule has 1 atom stereocenters. The quantitative estimate of drug-likeness (QED) is 0.875. The number of carbonyl (C=O) groups excluding carboxylic acids is 1. The van der Waals surface area contributed by atoms with Crippen molar-refractivity contribution in [1.29, 1.82) is 0 Å². The molecule has 3 heteroatoms. The third kappa shape index (κ3) is 2.83. The van der Waals surface area contributed by atoms with Crippen molar-refractivity contribution in [2.75, 3.05) is 7.11 Å². The molecule has 0 radical (unpaired) electrons. The molecule has 2 aromatic rings. The van der Waals surface area contributed by atoms with Gasteiger partial charge in [-0.1, -0.05) is 36.4 Å². The summed E-state index contributed by atoms with van der Waals surface area (Å²) in [7, 11) is 1.57. The first-order valence-electron chi connectivity index (χ1n) is 6.92. The minimum Gasteiger partial charge on any atom is -0.496 e. The number of aryl methyl sites for hydroxylation is 2. The number of hydrogen-bond donors (Lipinski definition) is 1. The third-order valence-electron chi connectivity index (χ3n) is 3.74. The predicted molar refractivity (Wildman–Crippen MR) is 84.8 cm³/mol. The van der Waals surface area contributed by atoms with Crippen molar-refractivity contribution in [3.05, 3.63) is 64.7 Å². The highest BCUT2D eigenvalue weighted by Gasteiger charge is 2.34. The maximum atomic E-state index is 13.0. The van der Waals surface area contributed by atoms with E-state index in [9.17, 15) is 4.79 Å². The van der Waals surface area contributed by atoms with E-state index in [-0.39, 0.29) is 5.78 Å². The average Bonchev–Trinajstić information content (AvgIpc) is 2.46. The van der Waals surface area contributed by atoms with Crippen LogP contribution >= 0.6 is 0 Å². The van der Waals surface area contributed by atoms with Gasteiger partial charge in [0.15, 0.2) is 5.78 Å². The first-order chi connectivity index (χ1) is 9.87. The van der Waals surface area contributed by atoms with Crippen LogP contribution in [0, 0.1) is 13.8 Å². The Morgan fingerprint density at radius 2 is 1.76 bits per heavy atom. The van der Waals surface area contributed by atoms with Gasteiger partial charge in [-0.05, 0) is 43.5 Å². The highest BCUT2D eigenvalue weighted by atomic mass is 16.5. The van der Waals surface area contributed by atoms with Crippen LogP contribution < -0.4 is 10.5 Å². The van der Waals surface area contributed by atoms with E-state index < -0.39 is 5.54 Å². The topological polar surface area (TPSA) is 52.3 Å². The van der Waals surface area contributed by atoms with Crippen LogP contribution in [0.1, 0.15) is 34.0 Å². The molecule has 0 saturated heterocycles. The Morgan fingerprint density at radius 3 is 2.33 bits per heavy atom. The third-order valence-corrected chi connectivity index (χ3v) is 3.74. The molecule has 0 aliphatic heterocycles. The van der Waals surface area contributed by atoms with Crippen LogP contribution in [-0.2, 0) is 5.54 Å². The van der Waals surface area contributed by atoms with Crippen LogP contribution in [0.4, 0.5) is 0 Å². The molecule has 0 amide bonds. The highest BCUT2D eigenvalue weighted by molar-refractivity contribution is 6.06. The fourth-order valence-electron chi connectivity index (χ4n) is 2.56. The highest BCUT2D eigenvalue weighted by Crippen LogP contribution is 2.31. The van der Waals surface area contributed by atoms with E-state index in [4.69, 9.17) is 10.5 Å². The lowest BCUT2D eigenvalue weighted by Gasteiger charge is -2.25. The molecule has 0 spiro atoms. The summed E-state index contributed by atoms with van der Waals surface area (Å²) in [5, 5.41) is 0. The van der Waals surface area contributed by atoms with Gasteiger partial charge in [-0.2, -0.15) is 0 Å². The number of benzene rings is 2. The zero-order valence-corrected chi connectivity index (χ0v) is 12.9. The summed E-state index contributed by atoms with van der Waals surface area (Å²) in [5.41, 5.74) is 8.53. The van der Waals surface area contributed by atoms with Gasteiger partial charge in [0.1, 0.15) is 11.3 Å². The van der Waals surface area contributed by atoms with Gasteiger partial charge in [0.05, 0.1) is 12.7 Å². The fourth-order valence-corrected chi connectivity index (χ4v) is 2.56. The Balaban J connectivity index is 2.55. The summed E-state index contributed by atoms with van der Waals surface area (Å²) in [6.07, 6.45) is 0. The Kier molecular flexibility index (Phi) is 4.14. The van der Waals surface area contributed by atoms with Gasteiger partial charge < -0.3 is 10.5 Å². The second-order valence-electron chi connectivity index (χ2n) is 5.56. The number of hydrogen-bond acceptors (Lipinski definition) is 3. The number of ketones is 1. The zero-order chi connectivity index (χ0) is 15.6. The minimum absolute atomic E-state index is 0.136. The van der Waals surface area contributed by atoms with Gasteiger partial charge in [-0.25, -0.2) is 0 Å². The molecule has 2 N–H and O–H groups in total. The van der Waals surface area contributed by atoms with Crippen LogP contribution in [-0.4, -0.2) is 12.9 Å². The number of carbonyl (C=O) groups is 1. The lowest BCUT2D eigenvalue weighted by Crippen LogP contribution is -2.42. The van der Waals surface area contributed by atoms with Crippen LogP contribution in [0.2, 0.25) is 0 Å². The fraction of sp³-hybridized carbons (Fsp3) is 0.278. The first-order valence-corrected chi connectivity index (χ1v) is 6.92. The molecular formula is C18H21NO2.